The van der Waals surface area contributed by atoms with E-state index in [2.05, 4.69) is 29.6 Å². The van der Waals surface area contributed by atoms with Crippen LogP contribution in [0.4, 0.5) is 0 Å². The van der Waals surface area contributed by atoms with Crippen LogP contribution in [0.25, 0.3) is 0 Å². The van der Waals surface area contributed by atoms with Gasteiger partial charge in [-0.3, -0.25) is 4.79 Å². The van der Waals surface area contributed by atoms with Gasteiger partial charge in [0.15, 0.2) is 0 Å². The molecule has 2 aliphatic carbocycles. The molecule has 0 heterocycles. The van der Waals surface area contributed by atoms with Gasteiger partial charge in [-0.1, -0.05) is 18.2 Å². The molecule has 1 aromatic rings. The maximum absolute atomic E-state index is 11.5. The molecule has 0 aliphatic heterocycles. The molecule has 114 valence electrons. The van der Waals surface area contributed by atoms with Gasteiger partial charge in [0, 0.05) is 23.2 Å². The van der Waals surface area contributed by atoms with E-state index in [9.17, 15) is 4.79 Å². The molecule has 0 saturated heterocycles. The maximum atomic E-state index is 11.5. The van der Waals surface area contributed by atoms with Crippen molar-refractivity contribution in [1.29, 1.82) is 0 Å². The monoisotopic (exact) mass is 305 g/mol. The Bertz CT molecular complexity index is 509. The van der Waals surface area contributed by atoms with Gasteiger partial charge in [-0.2, -0.15) is 0 Å². The number of hydrogen-bond acceptors (Lipinski definition) is 4. The Morgan fingerprint density at radius 1 is 1.38 bits per heavy atom. The summed E-state index contributed by atoms with van der Waals surface area (Å²) < 4.78 is 4.82. The average Bonchev–Trinajstić information content (AvgIpc) is 3.40. The predicted molar refractivity (Wildman–Crippen MR) is 85.3 cm³/mol. The van der Waals surface area contributed by atoms with Gasteiger partial charge in [-0.15, -0.1) is 11.8 Å². The molecular formula is C17H23NO2S. The zero-order valence-corrected chi connectivity index (χ0v) is 13.4. The Morgan fingerprint density at radius 3 is 2.81 bits per heavy atom. The first-order valence-electron chi connectivity index (χ1n) is 7.72. The van der Waals surface area contributed by atoms with Gasteiger partial charge in [0.25, 0.3) is 0 Å². The Balaban J connectivity index is 1.55. The van der Waals surface area contributed by atoms with Crippen molar-refractivity contribution >= 4 is 17.7 Å². The van der Waals surface area contributed by atoms with Crippen molar-refractivity contribution in [2.45, 2.75) is 49.6 Å². The number of esters is 1. The molecule has 2 aliphatic rings. The van der Waals surface area contributed by atoms with Crippen molar-refractivity contribution in [1.82, 2.24) is 5.32 Å². The molecule has 1 N–H and O–H groups in total. The van der Waals surface area contributed by atoms with E-state index >= 15 is 0 Å². The fourth-order valence-corrected chi connectivity index (χ4v) is 3.84. The lowest BCUT2D eigenvalue weighted by atomic mass is 10.1. The van der Waals surface area contributed by atoms with E-state index in [4.69, 9.17) is 4.74 Å². The number of ether oxygens (including phenoxy) is 1. The zero-order valence-electron chi connectivity index (χ0n) is 12.6. The van der Waals surface area contributed by atoms with Crippen LogP contribution in [0.3, 0.4) is 0 Å². The number of methoxy groups -OCH3 is 1. The highest BCUT2D eigenvalue weighted by atomic mass is 32.2. The van der Waals surface area contributed by atoms with E-state index in [1.807, 2.05) is 11.8 Å². The Morgan fingerprint density at radius 2 is 2.14 bits per heavy atom. The molecule has 0 unspecified atom stereocenters. The van der Waals surface area contributed by atoms with Crippen LogP contribution in [-0.2, 0) is 16.1 Å². The third-order valence-corrected chi connectivity index (χ3v) is 5.84. The molecule has 0 atom stereocenters. The van der Waals surface area contributed by atoms with Gasteiger partial charge in [0.05, 0.1) is 13.5 Å². The van der Waals surface area contributed by atoms with Gasteiger partial charge in [-0.25, -0.2) is 0 Å². The second-order valence-electron chi connectivity index (χ2n) is 6.30. The van der Waals surface area contributed by atoms with Crippen molar-refractivity contribution in [3.05, 3.63) is 29.8 Å². The summed E-state index contributed by atoms with van der Waals surface area (Å²) in [6.45, 7) is 0.956. The number of carbonyl (C=O) groups is 1. The van der Waals surface area contributed by atoms with Gasteiger partial charge in [0.2, 0.25) is 0 Å². The highest BCUT2D eigenvalue weighted by molar-refractivity contribution is 7.99. The Hall–Kier alpha value is -1.00. The molecule has 21 heavy (non-hydrogen) atoms. The summed E-state index contributed by atoms with van der Waals surface area (Å²) >= 11 is 1.89. The topological polar surface area (TPSA) is 38.3 Å². The minimum absolute atomic E-state index is 0.0724. The molecule has 4 heteroatoms. The lowest BCUT2D eigenvalue weighted by Gasteiger charge is -2.15. The van der Waals surface area contributed by atoms with Crippen molar-refractivity contribution < 1.29 is 9.53 Å². The van der Waals surface area contributed by atoms with Gasteiger partial charge >= 0.3 is 5.97 Å². The van der Waals surface area contributed by atoms with Crippen LogP contribution in [0, 0.1) is 5.41 Å². The van der Waals surface area contributed by atoms with Crippen molar-refractivity contribution in [3.63, 3.8) is 0 Å². The Labute approximate surface area is 130 Å². The van der Waals surface area contributed by atoms with Gasteiger partial charge in [0.1, 0.15) is 0 Å². The molecule has 0 amide bonds. The van der Waals surface area contributed by atoms with Crippen LogP contribution in [0.15, 0.2) is 29.2 Å². The standard InChI is InChI=1S/C17H23NO2S/c1-20-16(19)10-17(8-9-17)12-21-15-5-3-2-4-13(15)11-18-14-6-7-14/h2-5,14,18H,6-12H2,1H3. The highest BCUT2D eigenvalue weighted by Gasteiger charge is 2.44. The van der Waals surface area contributed by atoms with Crippen LogP contribution < -0.4 is 5.32 Å². The molecule has 2 fully saturated rings. The third-order valence-electron chi connectivity index (χ3n) is 4.37. The van der Waals surface area contributed by atoms with Crippen LogP contribution in [-0.4, -0.2) is 24.9 Å². The summed E-state index contributed by atoms with van der Waals surface area (Å²) in [6.07, 6.45) is 5.50. The normalized spacial score (nSPS) is 19.3. The fraction of sp³-hybridized carbons (Fsp3) is 0.588. The van der Waals surface area contributed by atoms with E-state index in [0.29, 0.717) is 6.42 Å². The van der Waals surface area contributed by atoms with Crippen LogP contribution in [0.5, 0.6) is 0 Å². The quantitative estimate of drug-likeness (QED) is 0.590. The fourth-order valence-electron chi connectivity index (χ4n) is 2.49. The smallest absolute Gasteiger partial charge is 0.306 e. The van der Waals surface area contributed by atoms with E-state index in [-0.39, 0.29) is 11.4 Å². The molecule has 3 nitrogen and oxygen atoms in total. The number of thioether (sulfide) groups is 1. The lowest BCUT2D eigenvalue weighted by Crippen LogP contribution is -2.16. The second kappa shape index (κ2) is 6.41. The van der Waals surface area contributed by atoms with E-state index in [1.54, 1.807) is 0 Å². The molecule has 0 bridgehead atoms. The number of rotatable bonds is 8. The van der Waals surface area contributed by atoms with Crippen molar-refractivity contribution in [2.24, 2.45) is 5.41 Å². The van der Waals surface area contributed by atoms with E-state index < -0.39 is 0 Å². The maximum Gasteiger partial charge on any atom is 0.306 e. The number of nitrogens with one attached hydrogen (secondary N) is 1. The molecule has 1 aromatic carbocycles. The molecular weight excluding hydrogens is 282 g/mol. The van der Waals surface area contributed by atoms with Gasteiger partial charge in [-0.05, 0) is 42.7 Å². The van der Waals surface area contributed by atoms with Gasteiger partial charge < -0.3 is 10.1 Å². The average molecular weight is 305 g/mol. The molecule has 0 spiro atoms. The van der Waals surface area contributed by atoms with Crippen LogP contribution in [0.2, 0.25) is 0 Å². The van der Waals surface area contributed by atoms with Crippen LogP contribution in [0.1, 0.15) is 37.7 Å². The highest BCUT2D eigenvalue weighted by Crippen LogP contribution is 2.52. The first kappa shape index (κ1) is 14.9. The molecule has 0 aromatic heterocycles. The van der Waals surface area contributed by atoms with Crippen molar-refractivity contribution in [3.8, 4) is 0 Å². The summed E-state index contributed by atoms with van der Waals surface area (Å²) in [7, 11) is 1.48. The number of benzene rings is 1. The number of hydrogen-bond donors (Lipinski definition) is 1. The summed E-state index contributed by atoms with van der Waals surface area (Å²) in [5, 5.41) is 3.58. The van der Waals surface area contributed by atoms with E-state index in [1.165, 1.54) is 30.4 Å². The minimum Gasteiger partial charge on any atom is -0.469 e. The third kappa shape index (κ3) is 4.24. The first-order valence-corrected chi connectivity index (χ1v) is 8.70. The first-order chi connectivity index (χ1) is 10.2. The summed E-state index contributed by atoms with van der Waals surface area (Å²) in [5.41, 5.74) is 1.57. The minimum atomic E-state index is -0.0724. The summed E-state index contributed by atoms with van der Waals surface area (Å²) in [4.78, 5) is 12.8. The molecule has 3 rings (SSSR count). The summed E-state index contributed by atoms with van der Waals surface area (Å²) in [6, 6.07) is 9.34. The van der Waals surface area contributed by atoms with E-state index in [0.717, 1.165) is 31.2 Å². The molecule has 2 saturated carbocycles. The SMILES string of the molecule is COC(=O)CC1(CSc2ccccc2CNC2CC2)CC1. The van der Waals surface area contributed by atoms with Crippen molar-refractivity contribution in [2.75, 3.05) is 12.9 Å². The largest absolute Gasteiger partial charge is 0.469 e. The van der Waals surface area contributed by atoms with Crippen LogP contribution >= 0.6 is 11.8 Å². The lowest BCUT2D eigenvalue weighted by molar-refractivity contribution is -0.141. The zero-order chi connectivity index (χ0) is 14.7. The predicted octanol–water partition coefficient (Wildman–Crippen LogP) is 3.37. The Kier molecular flexibility index (Phi) is 4.55. The second-order valence-corrected chi connectivity index (χ2v) is 7.32. The summed E-state index contributed by atoms with van der Waals surface area (Å²) in [5.74, 6) is 0.944. The number of carbonyl (C=O) groups excluding carboxylic acids is 1. The molecule has 0 radical (unpaired) electrons.